The van der Waals surface area contributed by atoms with E-state index < -0.39 is 0 Å². The Labute approximate surface area is 123 Å². The van der Waals surface area contributed by atoms with Gasteiger partial charge in [-0.2, -0.15) is 37.9 Å². The van der Waals surface area contributed by atoms with Crippen molar-refractivity contribution in [1.29, 1.82) is 0 Å². The molecule has 0 aliphatic carbocycles. The van der Waals surface area contributed by atoms with Crippen molar-refractivity contribution < 1.29 is 9.59 Å². The lowest BCUT2D eigenvalue weighted by molar-refractivity contribution is 0.116. The molecule has 0 spiro atoms. The Morgan fingerprint density at radius 1 is 0.778 bits per heavy atom. The van der Waals surface area contributed by atoms with Gasteiger partial charge in [0.1, 0.15) is 5.82 Å². The zero-order chi connectivity index (χ0) is 13.7. The predicted octanol–water partition coefficient (Wildman–Crippen LogP) is 1.41. The van der Waals surface area contributed by atoms with Crippen LogP contribution in [0.1, 0.15) is 0 Å². The smallest absolute Gasteiger partial charge is 0.279 e. The molecule has 8 heteroatoms. The summed E-state index contributed by atoms with van der Waals surface area (Å²) in [6.07, 6.45) is 0. The van der Waals surface area contributed by atoms with Crippen molar-refractivity contribution in [3.63, 3.8) is 0 Å². The fourth-order valence-electron chi connectivity index (χ4n) is 1.68. The van der Waals surface area contributed by atoms with Crippen LogP contribution in [0.5, 0.6) is 0 Å². The lowest BCUT2D eigenvalue weighted by atomic mass is 10.4. The first kappa shape index (κ1) is 15.6. The summed E-state index contributed by atoms with van der Waals surface area (Å²) in [4.78, 5) is 28.4. The Balaban J connectivity index is 2.98. The fourth-order valence-corrected chi connectivity index (χ4v) is 2.28. The van der Waals surface area contributed by atoms with Crippen LogP contribution in [0.25, 0.3) is 0 Å². The summed E-state index contributed by atoms with van der Waals surface area (Å²) in [5.41, 5.74) is 0. The minimum atomic E-state index is -0.358. The summed E-state index contributed by atoms with van der Waals surface area (Å²) in [5, 5.41) is 0. The summed E-state index contributed by atoms with van der Waals surface area (Å²) in [6.45, 7) is 4.92. The Bertz CT molecular complexity index is 281. The maximum absolute atomic E-state index is 12.1. The number of rotatable bonds is 6. The van der Waals surface area contributed by atoms with Crippen molar-refractivity contribution in [3.05, 3.63) is 12.4 Å². The average Bonchev–Trinajstić information content (AvgIpc) is 2.35. The van der Waals surface area contributed by atoms with Crippen molar-refractivity contribution >= 4 is 49.9 Å². The molecule has 1 fully saturated rings. The molecule has 1 aliphatic heterocycles. The van der Waals surface area contributed by atoms with Gasteiger partial charge in [-0.25, -0.2) is 14.5 Å². The second-order valence-electron chi connectivity index (χ2n) is 3.61. The quantitative estimate of drug-likeness (QED) is 0.650. The molecule has 0 atom stereocenters. The van der Waals surface area contributed by atoms with Gasteiger partial charge in [0.2, 0.25) is 0 Å². The van der Waals surface area contributed by atoms with Crippen LogP contribution in [0.2, 0.25) is 0 Å². The van der Waals surface area contributed by atoms with E-state index in [0.717, 1.165) is 0 Å². The van der Waals surface area contributed by atoms with Crippen LogP contribution in [0, 0.1) is 0 Å². The SMILES string of the molecule is C=C1N(CCS)C(=O)N(CCS)C(=O)N1CCS. The van der Waals surface area contributed by atoms with Crippen LogP contribution in [0.15, 0.2) is 12.4 Å². The number of nitrogens with zero attached hydrogens (tertiary/aromatic N) is 3. The highest BCUT2D eigenvalue weighted by Gasteiger charge is 2.38. The van der Waals surface area contributed by atoms with Crippen LogP contribution in [0.3, 0.4) is 0 Å². The highest BCUT2D eigenvalue weighted by atomic mass is 32.1. The van der Waals surface area contributed by atoms with Crippen LogP contribution in [0.4, 0.5) is 9.59 Å². The molecule has 18 heavy (non-hydrogen) atoms. The van der Waals surface area contributed by atoms with E-state index in [1.807, 2.05) is 0 Å². The molecule has 4 amide bonds. The largest absolute Gasteiger partial charge is 0.333 e. The molecule has 0 saturated carbocycles. The van der Waals surface area contributed by atoms with Crippen LogP contribution >= 0.6 is 37.9 Å². The highest BCUT2D eigenvalue weighted by molar-refractivity contribution is 7.80. The zero-order valence-corrected chi connectivity index (χ0v) is 12.6. The van der Waals surface area contributed by atoms with Gasteiger partial charge in [0.25, 0.3) is 0 Å². The van der Waals surface area contributed by atoms with E-state index in [-0.39, 0.29) is 18.6 Å². The van der Waals surface area contributed by atoms with Crippen LogP contribution in [-0.4, -0.2) is 63.7 Å². The lowest BCUT2D eigenvalue weighted by Gasteiger charge is -2.41. The van der Waals surface area contributed by atoms with E-state index in [9.17, 15) is 9.59 Å². The molecule has 1 saturated heterocycles. The molecule has 0 aromatic rings. The van der Waals surface area contributed by atoms with Crippen molar-refractivity contribution in [3.8, 4) is 0 Å². The number of urea groups is 2. The van der Waals surface area contributed by atoms with Gasteiger partial charge >= 0.3 is 12.1 Å². The average molecular weight is 307 g/mol. The number of hydrogen-bond donors (Lipinski definition) is 3. The molecule has 1 heterocycles. The third kappa shape index (κ3) is 3.10. The van der Waals surface area contributed by atoms with Gasteiger partial charge in [-0.05, 0) is 0 Å². The number of carbonyl (C=O) groups excluding carboxylic acids is 2. The van der Waals surface area contributed by atoms with Gasteiger partial charge in [-0.15, -0.1) is 0 Å². The maximum Gasteiger partial charge on any atom is 0.333 e. The molecular weight excluding hydrogens is 290 g/mol. The van der Waals surface area contributed by atoms with Gasteiger partial charge < -0.3 is 0 Å². The molecule has 5 nitrogen and oxygen atoms in total. The van der Waals surface area contributed by atoms with E-state index in [2.05, 4.69) is 44.5 Å². The molecule has 0 aromatic carbocycles. The van der Waals surface area contributed by atoms with E-state index in [1.54, 1.807) is 0 Å². The second kappa shape index (κ2) is 7.20. The molecule has 0 unspecified atom stereocenters. The number of amides is 4. The van der Waals surface area contributed by atoms with E-state index in [4.69, 9.17) is 0 Å². The fraction of sp³-hybridized carbons (Fsp3) is 0.600. The Morgan fingerprint density at radius 3 is 1.44 bits per heavy atom. The van der Waals surface area contributed by atoms with Crippen LogP contribution in [-0.2, 0) is 0 Å². The van der Waals surface area contributed by atoms with E-state index >= 15 is 0 Å². The first-order valence-corrected chi connectivity index (χ1v) is 7.40. The summed E-state index contributed by atoms with van der Waals surface area (Å²) in [6, 6.07) is -0.716. The Morgan fingerprint density at radius 2 is 1.11 bits per heavy atom. The molecular formula is C10H17N3O2S3. The standard InChI is InChI=1S/C10H17N3O2S3/c1-8-11(2-5-16)9(14)13(4-7-18)10(15)12(8)3-6-17/h16-18H,1-7H2. The van der Waals surface area contributed by atoms with Crippen molar-refractivity contribution in [2.24, 2.45) is 0 Å². The second-order valence-corrected chi connectivity index (χ2v) is 4.95. The summed E-state index contributed by atoms with van der Waals surface area (Å²) >= 11 is 12.3. The number of imide groups is 1. The topological polar surface area (TPSA) is 43.9 Å². The molecule has 0 radical (unpaired) electrons. The van der Waals surface area contributed by atoms with Crippen molar-refractivity contribution in [1.82, 2.24) is 14.7 Å². The number of hydrogen-bond acceptors (Lipinski definition) is 5. The normalized spacial score (nSPS) is 16.8. The summed E-state index contributed by atoms with van der Waals surface area (Å²) < 4.78 is 0. The van der Waals surface area contributed by atoms with Crippen molar-refractivity contribution in [2.75, 3.05) is 36.9 Å². The zero-order valence-electron chi connectivity index (χ0n) is 9.95. The van der Waals surface area contributed by atoms with Crippen LogP contribution < -0.4 is 0 Å². The first-order chi connectivity index (χ1) is 8.58. The molecule has 0 bridgehead atoms. The Kier molecular flexibility index (Phi) is 6.24. The predicted molar refractivity (Wildman–Crippen MR) is 81.6 cm³/mol. The third-order valence-corrected chi connectivity index (χ3v) is 3.12. The monoisotopic (exact) mass is 307 g/mol. The Hall–Kier alpha value is -0.470. The highest BCUT2D eigenvalue weighted by Crippen LogP contribution is 2.21. The lowest BCUT2D eigenvalue weighted by Crippen LogP contribution is -2.60. The van der Waals surface area contributed by atoms with Gasteiger partial charge in [0, 0.05) is 36.9 Å². The van der Waals surface area contributed by atoms with Crippen molar-refractivity contribution in [2.45, 2.75) is 0 Å². The summed E-state index contributed by atoms with van der Waals surface area (Å²) in [5.74, 6) is 1.82. The minimum absolute atomic E-state index is 0.278. The molecule has 102 valence electrons. The minimum Gasteiger partial charge on any atom is -0.279 e. The molecule has 0 aromatic heterocycles. The van der Waals surface area contributed by atoms with Gasteiger partial charge in [-0.3, -0.25) is 9.80 Å². The molecule has 1 rings (SSSR count). The number of thiol groups is 3. The van der Waals surface area contributed by atoms with Gasteiger partial charge in [0.05, 0.1) is 0 Å². The molecule has 1 aliphatic rings. The first-order valence-electron chi connectivity index (χ1n) is 5.50. The van der Waals surface area contributed by atoms with E-state index in [1.165, 1.54) is 14.7 Å². The maximum atomic E-state index is 12.1. The van der Waals surface area contributed by atoms with Gasteiger partial charge in [-0.1, -0.05) is 6.58 Å². The third-order valence-electron chi connectivity index (χ3n) is 2.52. The van der Waals surface area contributed by atoms with E-state index in [0.29, 0.717) is 36.2 Å². The van der Waals surface area contributed by atoms with Gasteiger partial charge in [0.15, 0.2) is 0 Å². The number of carbonyl (C=O) groups is 2. The molecule has 0 N–H and O–H groups in total. The summed E-state index contributed by atoms with van der Waals surface area (Å²) in [7, 11) is 0.